The van der Waals surface area contributed by atoms with Crippen molar-refractivity contribution in [2.24, 2.45) is 5.41 Å². The Balaban J connectivity index is 2.82. The average Bonchev–Trinajstić information content (AvgIpc) is 2.26. The minimum atomic E-state index is -0.363. The van der Waals surface area contributed by atoms with Crippen LogP contribution < -0.4 is 5.32 Å². The minimum Gasteiger partial charge on any atom is -0.464 e. The Morgan fingerprint density at radius 3 is 2.63 bits per heavy atom. The zero-order chi connectivity index (χ0) is 14.5. The molecular formula is C15H22ClNO2. The first-order valence-electron chi connectivity index (χ1n) is 6.50. The number of carbonyl (C=O) groups excluding carboxylic acids is 1. The molecule has 0 amide bonds. The van der Waals surface area contributed by atoms with Crippen molar-refractivity contribution in [1.29, 1.82) is 0 Å². The molecule has 0 saturated heterocycles. The average molecular weight is 284 g/mol. The molecular weight excluding hydrogens is 262 g/mol. The number of ether oxygens (including phenoxy) is 1. The topological polar surface area (TPSA) is 38.3 Å². The van der Waals surface area contributed by atoms with Crippen LogP contribution in [0.1, 0.15) is 34.1 Å². The summed E-state index contributed by atoms with van der Waals surface area (Å²) in [5, 5.41) is 3.84. The van der Waals surface area contributed by atoms with Gasteiger partial charge < -0.3 is 10.1 Å². The van der Waals surface area contributed by atoms with E-state index in [1.165, 1.54) is 0 Å². The van der Waals surface area contributed by atoms with Crippen molar-refractivity contribution in [2.45, 2.75) is 40.2 Å². The maximum atomic E-state index is 12.0. The molecule has 1 unspecified atom stereocenters. The lowest BCUT2D eigenvalue weighted by Crippen LogP contribution is -2.35. The second-order valence-corrected chi connectivity index (χ2v) is 6.16. The Bertz CT molecular complexity index is 426. The minimum absolute atomic E-state index is 0.0308. The monoisotopic (exact) mass is 283 g/mol. The molecule has 0 aliphatic rings. The number of benzene rings is 1. The maximum Gasteiger partial charge on any atom is 0.328 e. The largest absolute Gasteiger partial charge is 0.464 e. The van der Waals surface area contributed by atoms with Crippen molar-refractivity contribution in [2.75, 3.05) is 11.9 Å². The van der Waals surface area contributed by atoms with Gasteiger partial charge in [0.2, 0.25) is 0 Å². The van der Waals surface area contributed by atoms with Crippen molar-refractivity contribution in [3.05, 3.63) is 29.3 Å². The van der Waals surface area contributed by atoms with E-state index in [0.717, 1.165) is 5.69 Å². The molecule has 0 aliphatic carbocycles. The van der Waals surface area contributed by atoms with Crippen LogP contribution >= 0.6 is 11.6 Å². The molecule has 19 heavy (non-hydrogen) atoms. The van der Waals surface area contributed by atoms with Gasteiger partial charge in [-0.2, -0.15) is 0 Å². The molecule has 0 saturated carbocycles. The quantitative estimate of drug-likeness (QED) is 0.826. The maximum absolute atomic E-state index is 12.0. The van der Waals surface area contributed by atoms with Gasteiger partial charge in [0.05, 0.1) is 6.61 Å². The standard InChI is InChI=1S/C15H22ClNO2/c1-5-19-14(18)13(10-15(2,3)4)17-12-8-6-7-11(16)9-12/h6-9,13,17H,5,10H2,1-4H3. The number of anilines is 1. The van der Waals surface area contributed by atoms with Gasteiger partial charge >= 0.3 is 5.97 Å². The van der Waals surface area contributed by atoms with Gasteiger partial charge in [-0.05, 0) is 37.0 Å². The Morgan fingerprint density at radius 2 is 2.11 bits per heavy atom. The zero-order valence-corrected chi connectivity index (χ0v) is 12.8. The summed E-state index contributed by atoms with van der Waals surface area (Å²) < 4.78 is 5.12. The fraction of sp³-hybridized carbons (Fsp3) is 0.533. The van der Waals surface area contributed by atoms with Gasteiger partial charge in [-0.3, -0.25) is 0 Å². The molecule has 1 aromatic rings. The Labute approximate surface area is 120 Å². The Morgan fingerprint density at radius 1 is 1.42 bits per heavy atom. The fourth-order valence-electron chi connectivity index (χ4n) is 1.83. The molecule has 1 atom stereocenters. The summed E-state index contributed by atoms with van der Waals surface area (Å²) in [7, 11) is 0. The highest BCUT2D eigenvalue weighted by molar-refractivity contribution is 6.30. The third-order valence-corrected chi connectivity index (χ3v) is 2.79. The lowest BCUT2D eigenvalue weighted by molar-refractivity contribution is -0.144. The van der Waals surface area contributed by atoms with E-state index in [1.807, 2.05) is 19.1 Å². The summed E-state index contributed by atoms with van der Waals surface area (Å²) in [6.07, 6.45) is 0.693. The van der Waals surface area contributed by atoms with Crippen LogP contribution in [0.5, 0.6) is 0 Å². The van der Waals surface area contributed by atoms with Crippen LogP contribution in [-0.4, -0.2) is 18.6 Å². The lowest BCUT2D eigenvalue weighted by atomic mass is 9.88. The highest BCUT2D eigenvalue weighted by Crippen LogP contribution is 2.24. The number of halogens is 1. The van der Waals surface area contributed by atoms with E-state index in [1.54, 1.807) is 12.1 Å². The number of hydrogen-bond acceptors (Lipinski definition) is 3. The molecule has 106 valence electrons. The molecule has 1 N–H and O–H groups in total. The molecule has 0 radical (unpaired) electrons. The van der Waals surface area contributed by atoms with E-state index < -0.39 is 0 Å². The van der Waals surface area contributed by atoms with Crippen molar-refractivity contribution in [3.8, 4) is 0 Å². The van der Waals surface area contributed by atoms with Gasteiger partial charge in [-0.25, -0.2) is 4.79 Å². The van der Waals surface area contributed by atoms with Crippen LogP contribution in [0.15, 0.2) is 24.3 Å². The van der Waals surface area contributed by atoms with E-state index in [2.05, 4.69) is 26.1 Å². The number of rotatable bonds is 5. The summed E-state index contributed by atoms with van der Waals surface area (Å²) in [5.74, 6) is -0.225. The number of esters is 1. The Hall–Kier alpha value is -1.22. The van der Waals surface area contributed by atoms with E-state index in [-0.39, 0.29) is 17.4 Å². The van der Waals surface area contributed by atoms with E-state index in [9.17, 15) is 4.79 Å². The van der Waals surface area contributed by atoms with E-state index in [0.29, 0.717) is 18.1 Å². The molecule has 0 fully saturated rings. The smallest absolute Gasteiger partial charge is 0.328 e. The van der Waals surface area contributed by atoms with Gasteiger partial charge in [-0.1, -0.05) is 38.4 Å². The SMILES string of the molecule is CCOC(=O)C(CC(C)(C)C)Nc1cccc(Cl)c1. The predicted octanol–water partition coefficient (Wildman–Crippen LogP) is 4.12. The Kier molecular flexibility index (Phi) is 5.67. The fourth-order valence-corrected chi connectivity index (χ4v) is 2.02. The van der Waals surface area contributed by atoms with Crippen LogP contribution in [0.2, 0.25) is 5.02 Å². The van der Waals surface area contributed by atoms with Crippen LogP contribution in [0.25, 0.3) is 0 Å². The molecule has 0 aromatic heterocycles. The van der Waals surface area contributed by atoms with Crippen LogP contribution in [0, 0.1) is 5.41 Å². The first-order valence-corrected chi connectivity index (χ1v) is 6.88. The highest BCUT2D eigenvalue weighted by Gasteiger charge is 2.25. The van der Waals surface area contributed by atoms with E-state index >= 15 is 0 Å². The summed E-state index contributed by atoms with van der Waals surface area (Å²) in [5.41, 5.74) is 0.859. The number of nitrogens with one attached hydrogen (secondary N) is 1. The summed E-state index contributed by atoms with van der Waals surface area (Å²) in [6.45, 7) is 8.48. The lowest BCUT2D eigenvalue weighted by Gasteiger charge is -2.26. The first kappa shape index (κ1) is 15.8. The summed E-state index contributed by atoms with van der Waals surface area (Å²) in [6, 6.07) is 6.98. The van der Waals surface area contributed by atoms with Crippen LogP contribution in [0.3, 0.4) is 0 Å². The van der Waals surface area contributed by atoms with Gasteiger partial charge in [-0.15, -0.1) is 0 Å². The van der Waals surface area contributed by atoms with Gasteiger partial charge in [0.1, 0.15) is 6.04 Å². The normalized spacial score (nSPS) is 12.9. The van der Waals surface area contributed by atoms with Gasteiger partial charge in [0, 0.05) is 10.7 Å². The predicted molar refractivity (Wildman–Crippen MR) is 79.6 cm³/mol. The third kappa shape index (κ3) is 5.97. The molecule has 0 aliphatic heterocycles. The molecule has 0 bridgehead atoms. The molecule has 4 heteroatoms. The first-order chi connectivity index (χ1) is 8.81. The van der Waals surface area contributed by atoms with Crippen molar-refractivity contribution in [1.82, 2.24) is 0 Å². The number of carbonyl (C=O) groups is 1. The van der Waals surface area contributed by atoms with Crippen molar-refractivity contribution < 1.29 is 9.53 Å². The van der Waals surface area contributed by atoms with Crippen molar-refractivity contribution in [3.63, 3.8) is 0 Å². The van der Waals surface area contributed by atoms with Gasteiger partial charge in [0.25, 0.3) is 0 Å². The highest BCUT2D eigenvalue weighted by atomic mass is 35.5. The molecule has 0 heterocycles. The van der Waals surface area contributed by atoms with Crippen molar-refractivity contribution >= 4 is 23.3 Å². The van der Waals surface area contributed by atoms with E-state index in [4.69, 9.17) is 16.3 Å². The van der Waals surface area contributed by atoms with Crippen LogP contribution in [0.4, 0.5) is 5.69 Å². The second-order valence-electron chi connectivity index (χ2n) is 5.72. The molecule has 0 spiro atoms. The van der Waals surface area contributed by atoms with Gasteiger partial charge in [0.15, 0.2) is 0 Å². The zero-order valence-electron chi connectivity index (χ0n) is 12.0. The summed E-state index contributed by atoms with van der Waals surface area (Å²) >= 11 is 5.95. The third-order valence-electron chi connectivity index (χ3n) is 2.55. The second kappa shape index (κ2) is 6.80. The van der Waals surface area contributed by atoms with Crippen LogP contribution in [-0.2, 0) is 9.53 Å². The molecule has 1 aromatic carbocycles. The summed E-state index contributed by atoms with van der Waals surface area (Å²) in [4.78, 5) is 12.0. The number of hydrogen-bond donors (Lipinski definition) is 1. The molecule has 3 nitrogen and oxygen atoms in total. The molecule has 1 rings (SSSR count).